The van der Waals surface area contributed by atoms with Gasteiger partial charge in [0, 0.05) is 11.9 Å². The van der Waals surface area contributed by atoms with Crippen LogP contribution >= 0.6 is 0 Å². The molecule has 2 N–H and O–H groups in total. The molecule has 3 nitrogen and oxygen atoms in total. The topological polar surface area (TPSA) is 55.5 Å². The van der Waals surface area contributed by atoms with Gasteiger partial charge in [-0.25, -0.2) is 0 Å². The molecule has 0 aromatic carbocycles. The summed E-state index contributed by atoms with van der Waals surface area (Å²) in [7, 11) is 0. The third-order valence-electron chi connectivity index (χ3n) is 1.00. The molecule has 10 heavy (non-hydrogen) atoms. The molecule has 0 rings (SSSR count). The molecular formula is C7H10N2O. The Morgan fingerprint density at radius 1 is 1.70 bits per heavy atom. The number of carbonyl (C=O) groups is 1. The minimum atomic E-state index is 0.359. The van der Waals surface area contributed by atoms with Crippen LogP contribution in [-0.4, -0.2) is 13.0 Å². The second kappa shape index (κ2) is 4.49. The van der Waals surface area contributed by atoms with Crippen molar-refractivity contribution in [2.75, 3.05) is 0 Å². The van der Waals surface area contributed by atoms with Gasteiger partial charge >= 0.3 is 0 Å². The Morgan fingerprint density at radius 2 is 2.30 bits per heavy atom. The number of nitrogens with zero attached hydrogens (tertiary/aromatic N) is 1. The predicted molar refractivity (Wildman–Crippen MR) is 41.6 cm³/mol. The molecule has 0 spiro atoms. The second-order valence-electron chi connectivity index (χ2n) is 1.63. The van der Waals surface area contributed by atoms with E-state index in [2.05, 4.69) is 11.7 Å². The number of hydrogen-bond acceptors (Lipinski definition) is 3. The van der Waals surface area contributed by atoms with Crippen LogP contribution in [0, 0.1) is 0 Å². The lowest BCUT2D eigenvalue weighted by Crippen LogP contribution is -2.01. The Hall–Kier alpha value is -1.38. The van der Waals surface area contributed by atoms with Crippen molar-refractivity contribution >= 4 is 13.0 Å². The van der Waals surface area contributed by atoms with Crippen LogP contribution in [0.5, 0.6) is 0 Å². The van der Waals surface area contributed by atoms with Crippen LogP contribution in [0.15, 0.2) is 28.5 Å². The van der Waals surface area contributed by atoms with Gasteiger partial charge in [-0.2, -0.15) is 0 Å². The molecule has 0 saturated carbocycles. The van der Waals surface area contributed by atoms with Gasteiger partial charge in [-0.05, 0) is 13.6 Å². The molecule has 0 amide bonds. The standard InChI is InChI=1S/C7H10N2O/c1-3-7(8)6(5-10)4-9-2/h3-5H,2,8H2,1H3/b6-4-,7-3+. The summed E-state index contributed by atoms with van der Waals surface area (Å²) in [6.07, 6.45) is 3.60. The molecular weight excluding hydrogens is 128 g/mol. The minimum Gasteiger partial charge on any atom is -0.398 e. The summed E-state index contributed by atoms with van der Waals surface area (Å²) in [6, 6.07) is 0. The second-order valence-corrected chi connectivity index (χ2v) is 1.63. The third-order valence-corrected chi connectivity index (χ3v) is 1.00. The van der Waals surface area contributed by atoms with E-state index in [0.29, 0.717) is 17.6 Å². The molecule has 54 valence electrons. The molecule has 0 aromatic heterocycles. The van der Waals surface area contributed by atoms with Gasteiger partial charge in [0.2, 0.25) is 0 Å². The number of carbonyl (C=O) groups excluding carboxylic acids is 1. The molecule has 0 aliphatic heterocycles. The Labute approximate surface area is 59.9 Å². The number of hydrogen-bond donors (Lipinski definition) is 1. The molecule has 0 saturated heterocycles. The SMILES string of the molecule is C=N/C=C(C=O)\C(N)=C/C. The third kappa shape index (κ3) is 2.26. The van der Waals surface area contributed by atoms with E-state index in [0.717, 1.165) is 0 Å². The average molecular weight is 138 g/mol. The highest BCUT2D eigenvalue weighted by molar-refractivity contribution is 5.79. The van der Waals surface area contributed by atoms with Crippen LogP contribution in [0.2, 0.25) is 0 Å². The predicted octanol–water partition coefficient (Wildman–Crippen LogP) is 0.632. The van der Waals surface area contributed by atoms with Crippen LogP contribution in [0.4, 0.5) is 0 Å². The number of rotatable bonds is 3. The van der Waals surface area contributed by atoms with Crippen molar-refractivity contribution in [3.63, 3.8) is 0 Å². The highest BCUT2D eigenvalue weighted by Crippen LogP contribution is 1.98. The number of aliphatic imine (C=N–C) groups is 1. The highest BCUT2D eigenvalue weighted by atomic mass is 16.1. The first-order chi connectivity index (χ1) is 4.76. The number of allylic oxidation sites excluding steroid dienone is 2. The first kappa shape index (κ1) is 8.62. The molecule has 0 bridgehead atoms. The van der Waals surface area contributed by atoms with Gasteiger partial charge < -0.3 is 5.73 Å². The van der Waals surface area contributed by atoms with Crippen LogP contribution in [0.3, 0.4) is 0 Å². The summed E-state index contributed by atoms with van der Waals surface area (Å²) >= 11 is 0. The maximum Gasteiger partial charge on any atom is 0.153 e. The fourth-order valence-electron chi connectivity index (χ4n) is 0.438. The van der Waals surface area contributed by atoms with Crippen molar-refractivity contribution < 1.29 is 4.79 Å². The monoisotopic (exact) mass is 138 g/mol. The molecule has 0 aromatic rings. The van der Waals surface area contributed by atoms with Crippen molar-refractivity contribution in [3.8, 4) is 0 Å². The summed E-state index contributed by atoms with van der Waals surface area (Å²) in [6.45, 7) is 4.94. The number of nitrogens with two attached hydrogens (primary N) is 1. The van der Waals surface area contributed by atoms with Gasteiger partial charge in [0.25, 0.3) is 0 Å². The largest absolute Gasteiger partial charge is 0.398 e. The first-order valence-electron chi connectivity index (χ1n) is 2.79. The van der Waals surface area contributed by atoms with Crippen LogP contribution < -0.4 is 5.73 Å². The van der Waals surface area contributed by atoms with Crippen molar-refractivity contribution in [2.45, 2.75) is 6.92 Å². The zero-order valence-electron chi connectivity index (χ0n) is 5.87. The lowest BCUT2D eigenvalue weighted by molar-refractivity contribution is -0.104. The quantitative estimate of drug-likeness (QED) is 0.269. The summed E-state index contributed by atoms with van der Waals surface area (Å²) in [5.41, 5.74) is 6.17. The smallest absolute Gasteiger partial charge is 0.153 e. The number of aldehydes is 1. The zero-order valence-corrected chi connectivity index (χ0v) is 5.87. The lowest BCUT2D eigenvalue weighted by atomic mass is 10.2. The van der Waals surface area contributed by atoms with Crippen LogP contribution in [0.25, 0.3) is 0 Å². The maximum absolute atomic E-state index is 10.2. The molecule has 0 aliphatic carbocycles. The molecule has 0 aliphatic rings. The average Bonchev–Trinajstić information content (AvgIpc) is 1.99. The van der Waals surface area contributed by atoms with E-state index in [1.54, 1.807) is 13.0 Å². The van der Waals surface area contributed by atoms with E-state index in [1.165, 1.54) is 6.20 Å². The molecule has 3 heteroatoms. The zero-order chi connectivity index (χ0) is 7.98. The van der Waals surface area contributed by atoms with Crippen LogP contribution in [-0.2, 0) is 4.79 Å². The van der Waals surface area contributed by atoms with Crippen LogP contribution in [0.1, 0.15) is 6.92 Å². The van der Waals surface area contributed by atoms with Gasteiger partial charge in [-0.1, -0.05) is 6.08 Å². The Kier molecular flexibility index (Phi) is 3.87. The Bertz CT molecular complexity index is 192. The van der Waals surface area contributed by atoms with Crippen molar-refractivity contribution in [1.82, 2.24) is 0 Å². The normalized spacial score (nSPS) is 12.9. The molecule has 0 unspecified atom stereocenters. The molecule has 0 fully saturated rings. The summed E-state index contributed by atoms with van der Waals surface area (Å²) < 4.78 is 0. The molecule has 0 heterocycles. The lowest BCUT2D eigenvalue weighted by Gasteiger charge is -1.94. The van der Waals surface area contributed by atoms with E-state index in [9.17, 15) is 4.79 Å². The van der Waals surface area contributed by atoms with E-state index in [4.69, 9.17) is 5.73 Å². The Morgan fingerprint density at radius 3 is 2.60 bits per heavy atom. The highest BCUT2D eigenvalue weighted by Gasteiger charge is 1.94. The fourth-order valence-corrected chi connectivity index (χ4v) is 0.438. The van der Waals surface area contributed by atoms with E-state index < -0.39 is 0 Å². The first-order valence-corrected chi connectivity index (χ1v) is 2.79. The van der Waals surface area contributed by atoms with Gasteiger partial charge in [0.05, 0.1) is 5.57 Å². The minimum absolute atomic E-state index is 0.359. The molecule has 0 atom stereocenters. The van der Waals surface area contributed by atoms with Crippen molar-refractivity contribution in [1.29, 1.82) is 0 Å². The van der Waals surface area contributed by atoms with Crippen molar-refractivity contribution in [3.05, 3.63) is 23.5 Å². The van der Waals surface area contributed by atoms with E-state index in [-0.39, 0.29) is 0 Å². The van der Waals surface area contributed by atoms with Gasteiger partial charge in [-0.3, -0.25) is 9.79 Å². The van der Waals surface area contributed by atoms with E-state index >= 15 is 0 Å². The van der Waals surface area contributed by atoms with Crippen molar-refractivity contribution in [2.24, 2.45) is 10.7 Å². The van der Waals surface area contributed by atoms with Gasteiger partial charge in [-0.15, -0.1) is 0 Å². The summed E-state index contributed by atoms with van der Waals surface area (Å²) in [5.74, 6) is 0. The fraction of sp³-hybridized carbons (Fsp3) is 0.143. The molecule has 0 radical (unpaired) electrons. The Balaban J connectivity index is 4.51. The van der Waals surface area contributed by atoms with Gasteiger partial charge in [0.15, 0.2) is 6.29 Å². The maximum atomic E-state index is 10.2. The van der Waals surface area contributed by atoms with Gasteiger partial charge in [0.1, 0.15) is 0 Å². The summed E-state index contributed by atoms with van der Waals surface area (Å²) in [5, 5.41) is 0. The van der Waals surface area contributed by atoms with E-state index in [1.807, 2.05) is 0 Å². The summed E-state index contributed by atoms with van der Waals surface area (Å²) in [4.78, 5) is 13.6.